The third kappa shape index (κ3) is 5.09. The molecule has 0 atom stereocenters. The van der Waals surface area contributed by atoms with Crippen LogP contribution in [-0.4, -0.2) is 6.61 Å². The van der Waals surface area contributed by atoms with Crippen LogP contribution in [0.1, 0.15) is 51.7 Å². The molecule has 0 spiro atoms. The zero-order valence-electron chi connectivity index (χ0n) is 15.9. The van der Waals surface area contributed by atoms with Crippen LogP contribution in [-0.2, 0) is 6.42 Å². The number of hydrogen-bond acceptors (Lipinski definition) is 3. The van der Waals surface area contributed by atoms with E-state index in [2.05, 4.69) is 32.9 Å². The highest BCUT2D eigenvalue weighted by Gasteiger charge is 2.10. The maximum atomic E-state index is 11.8. The molecule has 0 unspecified atom stereocenters. The Labute approximate surface area is 150 Å². The third-order valence-corrected chi connectivity index (χ3v) is 4.34. The van der Waals surface area contributed by atoms with Crippen LogP contribution in [0.3, 0.4) is 0 Å². The highest BCUT2D eigenvalue weighted by molar-refractivity contribution is 5.84. The smallest absolute Gasteiger partial charge is 0.336 e. The van der Waals surface area contributed by atoms with Gasteiger partial charge in [0.15, 0.2) is 0 Å². The van der Waals surface area contributed by atoms with Crippen LogP contribution in [0, 0.1) is 6.92 Å². The number of aryl methyl sites for hydroxylation is 2. The third-order valence-electron chi connectivity index (χ3n) is 4.34. The Hall–Kier alpha value is -2.29. The van der Waals surface area contributed by atoms with Crippen molar-refractivity contribution >= 4 is 11.0 Å². The molecule has 0 saturated carbocycles. The summed E-state index contributed by atoms with van der Waals surface area (Å²) < 4.78 is 11.3. The Balaban J connectivity index is 2.13. The van der Waals surface area contributed by atoms with Crippen molar-refractivity contribution in [2.75, 3.05) is 6.61 Å². The first kappa shape index (κ1) is 19.0. The van der Waals surface area contributed by atoms with Gasteiger partial charge in [0.2, 0.25) is 0 Å². The molecule has 0 saturated heterocycles. The molecule has 3 heteroatoms. The summed E-state index contributed by atoms with van der Waals surface area (Å²) in [5.41, 5.74) is 4.88. The van der Waals surface area contributed by atoms with Crippen molar-refractivity contribution in [2.45, 2.75) is 53.9 Å². The van der Waals surface area contributed by atoms with E-state index < -0.39 is 0 Å². The number of rotatable bonds is 7. The first-order chi connectivity index (χ1) is 11.9. The van der Waals surface area contributed by atoms with Gasteiger partial charge < -0.3 is 9.15 Å². The van der Waals surface area contributed by atoms with E-state index in [1.807, 2.05) is 26.0 Å². The Morgan fingerprint density at radius 2 is 1.96 bits per heavy atom. The minimum absolute atomic E-state index is 0.306. The number of allylic oxidation sites excluding steroid dienone is 3. The van der Waals surface area contributed by atoms with E-state index in [1.165, 1.54) is 11.1 Å². The topological polar surface area (TPSA) is 39.4 Å². The monoisotopic (exact) mass is 340 g/mol. The molecule has 0 fully saturated rings. The lowest BCUT2D eigenvalue weighted by atomic mass is 10.0. The molecule has 1 aromatic heterocycles. The summed E-state index contributed by atoms with van der Waals surface area (Å²) in [6, 6.07) is 5.51. The number of benzene rings is 1. The van der Waals surface area contributed by atoms with Crippen LogP contribution < -0.4 is 10.4 Å². The molecule has 0 radical (unpaired) electrons. The SMILES string of the molecule is CCc1cc(=O)oc2c(C)c(OCC=C(C)CCC=C(C)C)ccc12. The van der Waals surface area contributed by atoms with E-state index in [0.29, 0.717) is 12.2 Å². The molecule has 0 aliphatic heterocycles. The highest BCUT2D eigenvalue weighted by Crippen LogP contribution is 2.28. The van der Waals surface area contributed by atoms with Gasteiger partial charge in [-0.25, -0.2) is 4.79 Å². The molecule has 0 N–H and O–H groups in total. The Kier molecular flexibility index (Phi) is 6.63. The molecule has 0 bridgehead atoms. The molecule has 0 aliphatic rings. The van der Waals surface area contributed by atoms with E-state index in [1.54, 1.807) is 6.07 Å². The van der Waals surface area contributed by atoms with Crippen molar-refractivity contribution < 1.29 is 9.15 Å². The average Bonchev–Trinajstić information content (AvgIpc) is 2.56. The van der Waals surface area contributed by atoms with Gasteiger partial charge in [-0.1, -0.05) is 24.1 Å². The Bertz CT molecular complexity index is 849. The van der Waals surface area contributed by atoms with E-state index in [0.717, 1.165) is 41.5 Å². The highest BCUT2D eigenvalue weighted by atomic mass is 16.5. The second-order valence-corrected chi connectivity index (χ2v) is 6.69. The zero-order chi connectivity index (χ0) is 18.4. The van der Waals surface area contributed by atoms with Gasteiger partial charge >= 0.3 is 5.63 Å². The Morgan fingerprint density at radius 1 is 1.20 bits per heavy atom. The predicted octanol–water partition coefficient (Wildman–Crippen LogP) is 5.74. The van der Waals surface area contributed by atoms with Crippen molar-refractivity contribution in [1.29, 1.82) is 0 Å². The minimum Gasteiger partial charge on any atom is -0.489 e. The van der Waals surface area contributed by atoms with Crippen molar-refractivity contribution in [2.24, 2.45) is 0 Å². The molecule has 134 valence electrons. The van der Waals surface area contributed by atoms with Crippen LogP contribution >= 0.6 is 0 Å². The van der Waals surface area contributed by atoms with Gasteiger partial charge in [-0.05, 0) is 70.7 Å². The van der Waals surface area contributed by atoms with Crippen LogP contribution in [0.2, 0.25) is 0 Å². The standard InChI is InChI=1S/C22H28O3/c1-6-18-14-21(23)25-22-17(5)20(11-10-19(18)22)24-13-12-16(4)9-7-8-15(2)3/h8,10-12,14H,6-7,9,13H2,1-5H3. The first-order valence-corrected chi connectivity index (χ1v) is 8.90. The van der Waals surface area contributed by atoms with E-state index in [9.17, 15) is 4.79 Å². The summed E-state index contributed by atoms with van der Waals surface area (Å²) in [4.78, 5) is 11.8. The minimum atomic E-state index is -0.306. The fourth-order valence-corrected chi connectivity index (χ4v) is 2.82. The number of fused-ring (bicyclic) bond motifs is 1. The maximum Gasteiger partial charge on any atom is 0.336 e. The van der Waals surface area contributed by atoms with Gasteiger partial charge in [0.25, 0.3) is 0 Å². The lowest BCUT2D eigenvalue weighted by molar-refractivity contribution is 0.358. The molecule has 25 heavy (non-hydrogen) atoms. The van der Waals surface area contributed by atoms with Crippen LogP contribution in [0.4, 0.5) is 0 Å². The lowest BCUT2D eigenvalue weighted by Crippen LogP contribution is -2.03. The van der Waals surface area contributed by atoms with Crippen molar-refractivity contribution in [1.82, 2.24) is 0 Å². The molecule has 1 aromatic carbocycles. The predicted molar refractivity (Wildman–Crippen MR) is 105 cm³/mol. The second-order valence-electron chi connectivity index (χ2n) is 6.69. The van der Waals surface area contributed by atoms with Crippen molar-refractivity contribution in [3.8, 4) is 5.75 Å². The van der Waals surface area contributed by atoms with Crippen LogP contribution in [0.15, 0.2) is 50.7 Å². The molecule has 0 aliphatic carbocycles. The lowest BCUT2D eigenvalue weighted by Gasteiger charge is -2.11. The fourth-order valence-electron chi connectivity index (χ4n) is 2.82. The molecule has 2 rings (SSSR count). The second kappa shape index (κ2) is 8.70. The summed E-state index contributed by atoms with van der Waals surface area (Å²) >= 11 is 0. The molecule has 3 nitrogen and oxygen atoms in total. The maximum absolute atomic E-state index is 11.8. The molecular formula is C22H28O3. The largest absolute Gasteiger partial charge is 0.489 e. The molecule has 2 aromatic rings. The normalized spacial score (nSPS) is 11.6. The fraction of sp³-hybridized carbons (Fsp3) is 0.409. The van der Waals surface area contributed by atoms with Gasteiger partial charge in [-0.15, -0.1) is 0 Å². The van der Waals surface area contributed by atoms with Crippen LogP contribution in [0.5, 0.6) is 5.75 Å². The van der Waals surface area contributed by atoms with Crippen LogP contribution in [0.25, 0.3) is 11.0 Å². The summed E-state index contributed by atoms with van der Waals surface area (Å²) in [7, 11) is 0. The first-order valence-electron chi connectivity index (χ1n) is 8.90. The van der Waals surface area contributed by atoms with Gasteiger partial charge in [0.1, 0.15) is 17.9 Å². The molecular weight excluding hydrogens is 312 g/mol. The summed E-state index contributed by atoms with van der Waals surface area (Å²) in [5.74, 6) is 0.761. The van der Waals surface area contributed by atoms with E-state index in [4.69, 9.17) is 9.15 Å². The Morgan fingerprint density at radius 3 is 2.64 bits per heavy atom. The van der Waals surface area contributed by atoms with Gasteiger partial charge in [0.05, 0.1) is 0 Å². The van der Waals surface area contributed by atoms with E-state index >= 15 is 0 Å². The van der Waals surface area contributed by atoms with Gasteiger partial charge in [-0.2, -0.15) is 0 Å². The molecule has 1 heterocycles. The summed E-state index contributed by atoms with van der Waals surface area (Å²) in [6.45, 7) is 10.9. The van der Waals surface area contributed by atoms with E-state index in [-0.39, 0.29) is 5.63 Å². The quantitative estimate of drug-likeness (QED) is 0.477. The average molecular weight is 340 g/mol. The molecule has 0 amide bonds. The summed E-state index contributed by atoms with van der Waals surface area (Å²) in [5, 5.41) is 0.986. The van der Waals surface area contributed by atoms with Crippen molar-refractivity contribution in [3.63, 3.8) is 0 Å². The summed E-state index contributed by atoms with van der Waals surface area (Å²) in [6.07, 6.45) is 7.26. The number of ether oxygens (including phenoxy) is 1. The van der Waals surface area contributed by atoms with Gasteiger partial charge in [-0.3, -0.25) is 0 Å². The zero-order valence-corrected chi connectivity index (χ0v) is 15.9. The van der Waals surface area contributed by atoms with Gasteiger partial charge in [0, 0.05) is 17.0 Å². The van der Waals surface area contributed by atoms with Crippen molar-refractivity contribution in [3.05, 3.63) is 63.0 Å². The number of hydrogen-bond donors (Lipinski definition) is 0.